The normalized spacial score (nSPS) is 16.4. The fraction of sp³-hybridized carbons (Fsp3) is 0.368. The maximum absolute atomic E-state index is 11.7. The van der Waals surface area contributed by atoms with Crippen molar-refractivity contribution in [3.63, 3.8) is 0 Å². The second kappa shape index (κ2) is 7.55. The summed E-state index contributed by atoms with van der Waals surface area (Å²) in [7, 11) is 3.52. The molecule has 0 aliphatic carbocycles. The molecule has 10 nitrogen and oxygen atoms in total. The van der Waals surface area contributed by atoms with Gasteiger partial charge < -0.3 is 26.0 Å². The van der Waals surface area contributed by atoms with Gasteiger partial charge in [-0.05, 0) is 19.4 Å². The van der Waals surface area contributed by atoms with Crippen LogP contribution < -0.4 is 21.3 Å². The zero-order valence-electron chi connectivity index (χ0n) is 16.6. The van der Waals surface area contributed by atoms with Crippen molar-refractivity contribution < 1.29 is 9.53 Å². The topological polar surface area (TPSA) is 123 Å². The number of hydrogen-bond donors (Lipinski definition) is 3. The highest BCUT2D eigenvalue weighted by molar-refractivity contribution is 5.99. The predicted octanol–water partition coefficient (Wildman–Crippen LogP) is 1.54. The monoisotopic (exact) mass is 396 g/mol. The zero-order valence-corrected chi connectivity index (χ0v) is 16.6. The van der Waals surface area contributed by atoms with E-state index in [4.69, 9.17) is 10.5 Å². The minimum absolute atomic E-state index is 0.227. The van der Waals surface area contributed by atoms with Crippen LogP contribution in [0.5, 0.6) is 0 Å². The van der Waals surface area contributed by atoms with Crippen molar-refractivity contribution >= 4 is 34.7 Å². The second-order valence-corrected chi connectivity index (χ2v) is 7.01. The molecule has 1 fully saturated rings. The standard InChI is InChI=1S/C19H24N8O2/c1-11-6-12(7-17(23-11)26-5-4-13(10-26)29-3)24-15-8-16(21-2)27-19(25-15)14(9-22-27)18(20)28/h6-9,13,21H,4-5,10H2,1-3H3,(H2,20,28)(H,23,24,25)/t13-/m1/s1. The van der Waals surface area contributed by atoms with Crippen molar-refractivity contribution in [1.29, 1.82) is 0 Å². The van der Waals surface area contributed by atoms with E-state index in [1.165, 1.54) is 6.20 Å². The molecule has 152 valence electrons. The molecule has 0 bridgehead atoms. The van der Waals surface area contributed by atoms with Gasteiger partial charge in [-0.15, -0.1) is 0 Å². The Bertz CT molecular complexity index is 1060. The highest BCUT2D eigenvalue weighted by Crippen LogP contribution is 2.26. The molecule has 0 radical (unpaired) electrons. The summed E-state index contributed by atoms with van der Waals surface area (Å²) < 4.78 is 7.01. The molecule has 0 unspecified atom stereocenters. The van der Waals surface area contributed by atoms with E-state index in [1.54, 1.807) is 18.7 Å². The largest absolute Gasteiger partial charge is 0.380 e. The van der Waals surface area contributed by atoms with E-state index in [9.17, 15) is 4.79 Å². The first-order valence-corrected chi connectivity index (χ1v) is 9.38. The van der Waals surface area contributed by atoms with E-state index in [0.717, 1.165) is 36.7 Å². The number of methoxy groups -OCH3 is 1. The molecule has 4 rings (SSSR count). The lowest BCUT2D eigenvalue weighted by Crippen LogP contribution is -2.23. The lowest BCUT2D eigenvalue weighted by molar-refractivity contribution is 0.100. The Morgan fingerprint density at radius 2 is 2.14 bits per heavy atom. The summed E-state index contributed by atoms with van der Waals surface area (Å²) in [5.74, 6) is 1.57. The van der Waals surface area contributed by atoms with Crippen molar-refractivity contribution in [2.45, 2.75) is 19.4 Å². The van der Waals surface area contributed by atoms with Gasteiger partial charge in [0.15, 0.2) is 5.65 Å². The average molecular weight is 396 g/mol. The van der Waals surface area contributed by atoms with Crippen LogP contribution in [0.4, 0.5) is 23.1 Å². The Morgan fingerprint density at radius 1 is 1.31 bits per heavy atom. The summed E-state index contributed by atoms with van der Waals surface area (Å²) in [5.41, 5.74) is 7.85. The Morgan fingerprint density at radius 3 is 2.83 bits per heavy atom. The molecular formula is C19H24N8O2. The Labute approximate surface area is 168 Å². The van der Waals surface area contributed by atoms with Crippen LogP contribution in [0.2, 0.25) is 0 Å². The molecule has 4 N–H and O–H groups in total. The number of amides is 1. The third-order valence-corrected chi connectivity index (χ3v) is 5.01. The number of nitrogens with zero attached hydrogens (tertiary/aromatic N) is 5. The summed E-state index contributed by atoms with van der Waals surface area (Å²) in [4.78, 5) is 23.1. The number of nitrogens with one attached hydrogen (secondary N) is 2. The van der Waals surface area contributed by atoms with Crippen molar-refractivity contribution in [3.05, 3.63) is 35.7 Å². The SMILES string of the molecule is CNc1cc(Nc2cc(C)nc(N3CC[C@@H](OC)C3)c2)nc2c(C(N)=O)cnn12. The highest BCUT2D eigenvalue weighted by Gasteiger charge is 2.23. The van der Waals surface area contributed by atoms with Crippen LogP contribution in [0.25, 0.3) is 5.65 Å². The molecular weight excluding hydrogens is 372 g/mol. The summed E-state index contributed by atoms with van der Waals surface area (Å²) in [6.45, 7) is 3.68. The number of nitrogens with two attached hydrogens (primary N) is 1. The number of pyridine rings is 1. The first-order chi connectivity index (χ1) is 14.0. The predicted molar refractivity (Wildman–Crippen MR) is 111 cm³/mol. The summed E-state index contributed by atoms with van der Waals surface area (Å²) >= 11 is 0. The van der Waals surface area contributed by atoms with Crippen LogP contribution in [0.15, 0.2) is 24.4 Å². The van der Waals surface area contributed by atoms with E-state index in [-0.39, 0.29) is 11.7 Å². The van der Waals surface area contributed by atoms with Crippen molar-refractivity contribution in [2.75, 3.05) is 42.8 Å². The maximum Gasteiger partial charge on any atom is 0.254 e. The number of rotatable bonds is 6. The molecule has 4 heterocycles. The number of fused-ring (bicyclic) bond motifs is 1. The molecule has 1 amide bonds. The molecule has 1 saturated heterocycles. The van der Waals surface area contributed by atoms with Gasteiger partial charge in [0.1, 0.15) is 23.0 Å². The number of aromatic nitrogens is 4. The molecule has 29 heavy (non-hydrogen) atoms. The first-order valence-electron chi connectivity index (χ1n) is 9.38. The molecule has 3 aromatic rings. The number of carbonyl (C=O) groups excluding carboxylic acids is 1. The van der Waals surface area contributed by atoms with Gasteiger partial charge in [-0.25, -0.2) is 9.97 Å². The zero-order chi connectivity index (χ0) is 20.5. The molecule has 0 spiro atoms. The van der Waals surface area contributed by atoms with E-state index in [1.807, 2.05) is 25.1 Å². The lowest BCUT2D eigenvalue weighted by atomic mass is 10.3. The minimum atomic E-state index is -0.574. The van der Waals surface area contributed by atoms with Gasteiger partial charge in [-0.3, -0.25) is 4.79 Å². The molecule has 1 atom stereocenters. The van der Waals surface area contributed by atoms with Crippen LogP contribution in [-0.4, -0.2) is 58.8 Å². The molecule has 0 aromatic carbocycles. The van der Waals surface area contributed by atoms with Gasteiger partial charge in [0.25, 0.3) is 5.91 Å². The van der Waals surface area contributed by atoms with Gasteiger partial charge in [0.2, 0.25) is 0 Å². The number of carbonyl (C=O) groups is 1. The van der Waals surface area contributed by atoms with Crippen LogP contribution in [0, 0.1) is 6.92 Å². The first kappa shape index (κ1) is 18.9. The fourth-order valence-corrected chi connectivity index (χ4v) is 3.54. The Balaban J connectivity index is 1.68. The van der Waals surface area contributed by atoms with E-state index in [0.29, 0.717) is 17.3 Å². The number of primary amides is 1. The Hall–Kier alpha value is -3.40. The molecule has 0 saturated carbocycles. The maximum atomic E-state index is 11.7. The van der Waals surface area contributed by atoms with Crippen molar-refractivity contribution in [2.24, 2.45) is 5.73 Å². The van der Waals surface area contributed by atoms with Crippen LogP contribution in [-0.2, 0) is 4.74 Å². The fourth-order valence-electron chi connectivity index (χ4n) is 3.54. The third kappa shape index (κ3) is 3.66. The molecule has 3 aromatic heterocycles. The van der Waals surface area contributed by atoms with Gasteiger partial charge in [-0.2, -0.15) is 9.61 Å². The lowest BCUT2D eigenvalue weighted by Gasteiger charge is -2.19. The number of anilines is 4. The van der Waals surface area contributed by atoms with Crippen LogP contribution in [0.1, 0.15) is 22.5 Å². The smallest absolute Gasteiger partial charge is 0.254 e. The van der Waals surface area contributed by atoms with Crippen molar-refractivity contribution in [1.82, 2.24) is 19.6 Å². The van der Waals surface area contributed by atoms with E-state index in [2.05, 4.69) is 30.6 Å². The average Bonchev–Trinajstić information content (AvgIpc) is 3.34. The van der Waals surface area contributed by atoms with E-state index >= 15 is 0 Å². The van der Waals surface area contributed by atoms with Gasteiger partial charge in [0, 0.05) is 50.8 Å². The number of aryl methyl sites for hydroxylation is 1. The quantitative estimate of drug-likeness (QED) is 0.573. The third-order valence-electron chi connectivity index (χ3n) is 5.01. The van der Waals surface area contributed by atoms with Crippen molar-refractivity contribution in [3.8, 4) is 0 Å². The molecule has 1 aliphatic rings. The Kier molecular flexibility index (Phi) is 4.93. The van der Waals surface area contributed by atoms with Gasteiger partial charge in [-0.1, -0.05) is 0 Å². The second-order valence-electron chi connectivity index (χ2n) is 7.01. The minimum Gasteiger partial charge on any atom is -0.380 e. The van der Waals surface area contributed by atoms with Crippen LogP contribution >= 0.6 is 0 Å². The van der Waals surface area contributed by atoms with E-state index < -0.39 is 5.91 Å². The molecule has 1 aliphatic heterocycles. The highest BCUT2D eigenvalue weighted by atomic mass is 16.5. The number of ether oxygens (including phenoxy) is 1. The van der Waals surface area contributed by atoms with Gasteiger partial charge >= 0.3 is 0 Å². The molecule has 10 heteroatoms. The number of hydrogen-bond acceptors (Lipinski definition) is 8. The summed E-state index contributed by atoms with van der Waals surface area (Å²) in [5, 5.41) is 10.6. The van der Waals surface area contributed by atoms with Crippen LogP contribution in [0.3, 0.4) is 0 Å². The van der Waals surface area contributed by atoms with Gasteiger partial charge in [0.05, 0.1) is 12.3 Å². The summed E-state index contributed by atoms with van der Waals surface area (Å²) in [6, 6.07) is 5.75. The summed E-state index contributed by atoms with van der Waals surface area (Å²) in [6.07, 6.45) is 2.63.